The smallest absolute Gasteiger partial charge is 0.305 e. The number of halogens is 1. The lowest BCUT2D eigenvalue weighted by molar-refractivity contribution is -0.137. The Labute approximate surface area is 165 Å². The molecular formula is C19H18FN5O4. The van der Waals surface area contributed by atoms with Crippen LogP contribution in [-0.4, -0.2) is 35.5 Å². The molecule has 2 aromatic carbocycles. The van der Waals surface area contributed by atoms with Crippen LogP contribution in [0.5, 0.6) is 0 Å². The van der Waals surface area contributed by atoms with E-state index < -0.39 is 23.7 Å². The van der Waals surface area contributed by atoms with Gasteiger partial charge in [-0.2, -0.15) is 0 Å². The summed E-state index contributed by atoms with van der Waals surface area (Å²) in [5.74, 6) is -2.43. The van der Waals surface area contributed by atoms with E-state index in [1.54, 1.807) is 12.1 Å². The number of hydrogen-bond donors (Lipinski definition) is 3. The second kappa shape index (κ2) is 10.4. The molecule has 150 valence electrons. The molecule has 29 heavy (non-hydrogen) atoms. The third kappa shape index (κ3) is 6.96. The van der Waals surface area contributed by atoms with Crippen molar-refractivity contribution >= 4 is 17.8 Å². The van der Waals surface area contributed by atoms with E-state index in [0.29, 0.717) is 5.56 Å². The Morgan fingerprint density at radius 3 is 2.21 bits per heavy atom. The zero-order valence-electron chi connectivity index (χ0n) is 15.2. The van der Waals surface area contributed by atoms with Crippen molar-refractivity contribution in [3.05, 3.63) is 81.5 Å². The lowest BCUT2D eigenvalue weighted by atomic mass is 10.1. The molecule has 0 heterocycles. The largest absolute Gasteiger partial charge is 0.481 e. The standard InChI is InChI=1S/C19H18FN5O4/c20-15-7-5-13(6-8-15)18(28)22-10-12-1-3-14(4-2-12)19(29)24-16(9-17(26)27)11-23-25-21/h1-8,16H,9-11H2,(H,22,28)(H,24,29)(H,26,27)/t16-/m0/s1. The van der Waals surface area contributed by atoms with Crippen molar-refractivity contribution in [3.63, 3.8) is 0 Å². The first-order chi connectivity index (χ1) is 13.9. The molecule has 2 rings (SSSR count). The van der Waals surface area contributed by atoms with Gasteiger partial charge in [-0.25, -0.2) is 4.39 Å². The monoisotopic (exact) mass is 399 g/mol. The number of nitrogens with zero attached hydrogens (tertiary/aromatic N) is 3. The van der Waals surface area contributed by atoms with Gasteiger partial charge in [-0.1, -0.05) is 17.2 Å². The first-order valence-corrected chi connectivity index (χ1v) is 8.55. The number of carboxylic acids is 1. The third-order valence-electron chi connectivity index (χ3n) is 3.90. The highest BCUT2D eigenvalue weighted by Gasteiger charge is 2.16. The molecule has 0 radical (unpaired) electrons. The Hall–Kier alpha value is -3.91. The van der Waals surface area contributed by atoms with Gasteiger partial charge in [0.1, 0.15) is 5.82 Å². The number of carboxylic acid groups (broad SMARTS) is 1. The number of azide groups is 1. The summed E-state index contributed by atoms with van der Waals surface area (Å²) in [6.45, 7) is 0.0265. The highest BCUT2D eigenvalue weighted by molar-refractivity contribution is 5.95. The number of hydrogen-bond acceptors (Lipinski definition) is 4. The molecule has 0 fully saturated rings. The van der Waals surface area contributed by atoms with Gasteiger partial charge in [-0.3, -0.25) is 14.4 Å². The molecule has 9 nitrogen and oxygen atoms in total. The summed E-state index contributed by atoms with van der Waals surface area (Å²) in [7, 11) is 0. The van der Waals surface area contributed by atoms with Gasteiger partial charge < -0.3 is 15.7 Å². The van der Waals surface area contributed by atoms with Crippen LogP contribution in [0.25, 0.3) is 10.4 Å². The van der Waals surface area contributed by atoms with Gasteiger partial charge in [0.2, 0.25) is 0 Å². The fourth-order valence-electron chi connectivity index (χ4n) is 2.44. The fraction of sp³-hybridized carbons (Fsp3) is 0.211. The molecule has 0 aliphatic rings. The predicted octanol–water partition coefficient (Wildman–Crippen LogP) is 2.64. The maximum absolute atomic E-state index is 12.9. The highest BCUT2D eigenvalue weighted by Crippen LogP contribution is 2.07. The number of rotatable bonds is 9. The normalized spacial score (nSPS) is 11.1. The molecule has 1 atom stereocenters. The Morgan fingerprint density at radius 2 is 1.62 bits per heavy atom. The molecule has 0 saturated carbocycles. The van der Waals surface area contributed by atoms with Crippen LogP contribution in [0, 0.1) is 5.82 Å². The minimum absolute atomic E-state index is 0.179. The van der Waals surface area contributed by atoms with Crippen molar-refractivity contribution in [2.24, 2.45) is 5.11 Å². The van der Waals surface area contributed by atoms with Crippen molar-refractivity contribution in [1.29, 1.82) is 0 Å². The van der Waals surface area contributed by atoms with Gasteiger partial charge in [-0.05, 0) is 47.5 Å². The van der Waals surface area contributed by atoms with Crippen molar-refractivity contribution < 1.29 is 23.9 Å². The van der Waals surface area contributed by atoms with Gasteiger partial charge in [0, 0.05) is 35.2 Å². The summed E-state index contributed by atoms with van der Waals surface area (Å²) in [6, 6.07) is 10.7. The van der Waals surface area contributed by atoms with E-state index in [-0.39, 0.29) is 31.0 Å². The quantitative estimate of drug-likeness (QED) is 0.338. The zero-order valence-corrected chi connectivity index (χ0v) is 15.2. The van der Waals surface area contributed by atoms with Crippen molar-refractivity contribution in [2.75, 3.05) is 6.54 Å². The summed E-state index contributed by atoms with van der Waals surface area (Å²) < 4.78 is 12.9. The molecule has 10 heteroatoms. The highest BCUT2D eigenvalue weighted by atomic mass is 19.1. The predicted molar refractivity (Wildman–Crippen MR) is 102 cm³/mol. The van der Waals surface area contributed by atoms with E-state index in [0.717, 1.165) is 5.56 Å². The lowest BCUT2D eigenvalue weighted by Crippen LogP contribution is -2.38. The maximum Gasteiger partial charge on any atom is 0.305 e. The minimum atomic E-state index is -1.13. The second-order valence-corrected chi connectivity index (χ2v) is 6.07. The summed E-state index contributed by atoms with van der Waals surface area (Å²) in [5, 5.41) is 17.4. The summed E-state index contributed by atoms with van der Waals surface area (Å²) in [4.78, 5) is 37.7. The van der Waals surface area contributed by atoms with E-state index in [4.69, 9.17) is 10.6 Å². The van der Waals surface area contributed by atoms with Gasteiger partial charge in [0.25, 0.3) is 11.8 Å². The molecule has 0 unspecified atom stereocenters. The Balaban J connectivity index is 1.93. The number of nitrogens with one attached hydrogen (secondary N) is 2. The number of carbonyl (C=O) groups excluding carboxylic acids is 2. The Morgan fingerprint density at radius 1 is 1.03 bits per heavy atom. The van der Waals surface area contributed by atoms with E-state index >= 15 is 0 Å². The van der Waals surface area contributed by atoms with Crippen LogP contribution in [0.1, 0.15) is 32.7 Å². The Bertz CT molecular complexity index is 921. The molecule has 2 amide bonds. The van der Waals surface area contributed by atoms with Crippen molar-refractivity contribution in [1.82, 2.24) is 10.6 Å². The minimum Gasteiger partial charge on any atom is -0.481 e. The average Bonchev–Trinajstić information content (AvgIpc) is 2.70. The van der Waals surface area contributed by atoms with Crippen LogP contribution in [0.15, 0.2) is 53.6 Å². The van der Waals surface area contributed by atoms with Crippen molar-refractivity contribution in [2.45, 2.75) is 19.0 Å². The fourth-order valence-corrected chi connectivity index (χ4v) is 2.44. The molecule has 0 aromatic heterocycles. The number of amides is 2. The van der Waals surface area contributed by atoms with Gasteiger partial charge in [-0.15, -0.1) is 0 Å². The first kappa shape index (κ1) is 21.4. The molecule has 0 bridgehead atoms. The van der Waals surface area contributed by atoms with Crippen LogP contribution in [-0.2, 0) is 11.3 Å². The van der Waals surface area contributed by atoms with E-state index in [1.165, 1.54) is 36.4 Å². The SMILES string of the molecule is [N-]=[N+]=NC[C@H](CC(=O)O)NC(=O)c1ccc(CNC(=O)c2ccc(F)cc2)cc1. The molecule has 0 spiro atoms. The van der Waals surface area contributed by atoms with E-state index in [1.807, 2.05) is 0 Å². The van der Waals surface area contributed by atoms with Gasteiger partial charge in [0.05, 0.1) is 6.42 Å². The van der Waals surface area contributed by atoms with Crippen LogP contribution in [0.3, 0.4) is 0 Å². The number of carbonyl (C=O) groups is 3. The van der Waals surface area contributed by atoms with Crippen molar-refractivity contribution in [3.8, 4) is 0 Å². The Kier molecular flexibility index (Phi) is 7.69. The van der Waals surface area contributed by atoms with E-state index in [2.05, 4.69) is 20.7 Å². The molecule has 3 N–H and O–H groups in total. The number of benzene rings is 2. The third-order valence-corrected chi connectivity index (χ3v) is 3.90. The van der Waals surface area contributed by atoms with Crippen LogP contribution >= 0.6 is 0 Å². The second-order valence-electron chi connectivity index (χ2n) is 6.07. The van der Waals surface area contributed by atoms with Gasteiger partial charge in [0.15, 0.2) is 0 Å². The molecule has 0 saturated heterocycles. The topological polar surface area (TPSA) is 144 Å². The molecular weight excluding hydrogens is 381 g/mol. The van der Waals surface area contributed by atoms with Crippen LogP contribution in [0.2, 0.25) is 0 Å². The van der Waals surface area contributed by atoms with Gasteiger partial charge >= 0.3 is 5.97 Å². The van der Waals surface area contributed by atoms with Crippen LogP contribution < -0.4 is 10.6 Å². The molecule has 2 aromatic rings. The van der Waals surface area contributed by atoms with E-state index in [9.17, 15) is 18.8 Å². The molecule has 0 aliphatic heterocycles. The number of aliphatic carboxylic acids is 1. The zero-order chi connectivity index (χ0) is 21.2. The summed E-state index contributed by atoms with van der Waals surface area (Å²) >= 11 is 0. The lowest BCUT2D eigenvalue weighted by Gasteiger charge is -2.14. The van der Waals surface area contributed by atoms with Crippen LogP contribution in [0.4, 0.5) is 4.39 Å². The maximum atomic E-state index is 12.9. The summed E-state index contributed by atoms with van der Waals surface area (Å²) in [6.07, 6.45) is -0.377. The average molecular weight is 399 g/mol. The first-order valence-electron chi connectivity index (χ1n) is 8.55. The molecule has 0 aliphatic carbocycles. The summed E-state index contributed by atoms with van der Waals surface area (Å²) in [5.41, 5.74) is 9.70.